The minimum Gasteiger partial charge on any atom is -0.392 e. The van der Waals surface area contributed by atoms with E-state index in [1.807, 2.05) is 0 Å². The monoisotopic (exact) mass is 184 g/mol. The molecule has 1 fully saturated rings. The molecular weight excluding hydrogens is 166 g/mol. The summed E-state index contributed by atoms with van der Waals surface area (Å²) in [6, 6.07) is 0. The first-order valence-corrected chi connectivity index (χ1v) is 4.84. The summed E-state index contributed by atoms with van der Waals surface area (Å²) in [6.07, 6.45) is 0.288. The SMILES string of the molecule is CC(O)CC#CC[NH+]1CCOCC1. The molecule has 0 aromatic rings. The summed E-state index contributed by atoms with van der Waals surface area (Å²) >= 11 is 0. The van der Waals surface area contributed by atoms with Crippen molar-refractivity contribution in [2.75, 3.05) is 32.8 Å². The van der Waals surface area contributed by atoms with Gasteiger partial charge in [-0.25, -0.2) is 0 Å². The Balaban J connectivity index is 2.11. The first-order valence-electron chi connectivity index (χ1n) is 4.84. The lowest BCUT2D eigenvalue weighted by atomic mass is 10.3. The highest BCUT2D eigenvalue weighted by atomic mass is 16.5. The predicted molar refractivity (Wildman–Crippen MR) is 50.5 cm³/mol. The summed E-state index contributed by atoms with van der Waals surface area (Å²) in [6.45, 7) is 6.47. The zero-order valence-electron chi connectivity index (χ0n) is 8.18. The molecule has 0 bridgehead atoms. The maximum absolute atomic E-state index is 8.96. The Labute approximate surface area is 79.7 Å². The lowest BCUT2D eigenvalue weighted by molar-refractivity contribution is -0.900. The van der Waals surface area contributed by atoms with Crippen LogP contribution < -0.4 is 4.90 Å². The second-order valence-electron chi connectivity index (χ2n) is 3.45. The Morgan fingerprint density at radius 1 is 1.38 bits per heavy atom. The fourth-order valence-corrected chi connectivity index (χ4v) is 1.24. The highest BCUT2D eigenvalue weighted by Gasteiger charge is 2.11. The Bertz CT molecular complexity index is 187. The van der Waals surface area contributed by atoms with Crippen LogP contribution in [0.2, 0.25) is 0 Å². The molecule has 0 amide bonds. The van der Waals surface area contributed by atoms with Gasteiger partial charge in [0.1, 0.15) is 19.6 Å². The van der Waals surface area contributed by atoms with Gasteiger partial charge in [-0.2, -0.15) is 0 Å². The molecule has 1 unspecified atom stereocenters. The van der Waals surface area contributed by atoms with E-state index in [9.17, 15) is 0 Å². The van der Waals surface area contributed by atoms with E-state index in [-0.39, 0.29) is 6.10 Å². The average molecular weight is 184 g/mol. The summed E-state index contributed by atoms with van der Waals surface area (Å²) in [5.41, 5.74) is 0. The molecule has 1 atom stereocenters. The highest BCUT2D eigenvalue weighted by Crippen LogP contribution is 1.83. The van der Waals surface area contributed by atoms with E-state index in [1.165, 1.54) is 4.90 Å². The normalized spacial score (nSPS) is 20.5. The fourth-order valence-electron chi connectivity index (χ4n) is 1.24. The zero-order chi connectivity index (χ0) is 9.52. The molecule has 0 aromatic heterocycles. The van der Waals surface area contributed by atoms with Crippen LogP contribution in [0, 0.1) is 11.8 Å². The van der Waals surface area contributed by atoms with Gasteiger partial charge in [0, 0.05) is 6.42 Å². The largest absolute Gasteiger partial charge is 0.392 e. The molecule has 0 radical (unpaired) electrons. The van der Waals surface area contributed by atoms with Crippen LogP contribution in [0.1, 0.15) is 13.3 Å². The second kappa shape index (κ2) is 5.98. The highest BCUT2D eigenvalue weighted by molar-refractivity contribution is 4.99. The summed E-state index contributed by atoms with van der Waals surface area (Å²) in [4.78, 5) is 1.49. The molecule has 13 heavy (non-hydrogen) atoms. The zero-order valence-corrected chi connectivity index (χ0v) is 8.18. The van der Waals surface area contributed by atoms with Crippen LogP contribution in [0.4, 0.5) is 0 Å². The van der Waals surface area contributed by atoms with E-state index >= 15 is 0 Å². The van der Waals surface area contributed by atoms with Gasteiger partial charge in [-0.1, -0.05) is 5.92 Å². The average Bonchev–Trinajstić information content (AvgIpc) is 2.14. The van der Waals surface area contributed by atoms with E-state index in [1.54, 1.807) is 6.92 Å². The Kier molecular flexibility index (Phi) is 4.84. The number of nitrogens with one attached hydrogen (secondary N) is 1. The van der Waals surface area contributed by atoms with Crippen molar-refractivity contribution < 1.29 is 14.7 Å². The molecule has 3 nitrogen and oxygen atoms in total. The van der Waals surface area contributed by atoms with Crippen molar-refractivity contribution in [1.82, 2.24) is 0 Å². The van der Waals surface area contributed by atoms with Crippen LogP contribution in [0.25, 0.3) is 0 Å². The first-order chi connectivity index (χ1) is 6.29. The molecule has 0 spiro atoms. The van der Waals surface area contributed by atoms with Crippen LogP contribution in [0.3, 0.4) is 0 Å². The molecule has 2 N–H and O–H groups in total. The molecule has 1 heterocycles. The smallest absolute Gasteiger partial charge is 0.139 e. The van der Waals surface area contributed by atoms with Gasteiger partial charge in [-0.05, 0) is 12.8 Å². The van der Waals surface area contributed by atoms with Crippen molar-refractivity contribution in [3.8, 4) is 11.8 Å². The van der Waals surface area contributed by atoms with Gasteiger partial charge in [0.05, 0.1) is 19.3 Å². The summed E-state index contributed by atoms with van der Waals surface area (Å²) in [5, 5.41) is 8.96. The first kappa shape index (κ1) is 10.5. The number of morpholine rings is 1. The summed E-state index contributed by atoms with van der Waals surface area (Å²) < 4.78 is 5.24. The van der Waals surface area contributed by atoms with Crippen molar-refractivity contribution in [2.45, 2.75) is 19.4 Å². The molecule has 1 saturated heterocycles. The predicted octanol–water partition coefficient (Wildman–Crippen LogP) is -1.32. The number of rotatable bonds is 2. The van der Waals surface area contributed by atoms with Gasteiger partial charge in [0.15, 0.2) is 0 Å². The minimum atomic E-state index is -0.299. The van der Waals surface area contributed by atoms with E-state index in [0.29, 0.717) is 6.42 Å². The fraction of sp³-hybridized carbons (Fsp3) is 0.800. The van der Waals surface area contributed by atoms with Gasteiger partial charge < -0.3 is 14.7 Å². The maximum Gasteiger partial charge on any atom is 0.139 e. The number of hydrogen-bond acceptors (Lipinski definition) is 2. The molecule has 74 valence electrons. The van der Waals surface area contributed by atoms with E-state index in [0.717, 1.165) is 32.8 Å². The third-order valence-corrected chi connectivity index (χ3v) is 2.06. The summed E-state index contributed by atoms with van der Waals surface area (Å²) in [5.74, 6) is 6.05. The van der Waals surface area contributed by atoms with Crippen molar-refractivity contribution in [3.05, 3.63) is 0 Å². The van der Waals surface area contributed by atoms with Gasteiger partial charge in [0.25, 0.3) is 0 Å². The molecule has 3 heteroatoms. The molecule has 0 aliphatic carbocycles. The number of ether oxygens (including phenoxy) is 1. The lowest BCUT2D eigenvalue weighted by Crippen LogP contribution is -3.14. The topological polar surface area (TPSA) is 33.9 Å². The van der Waals surface area contributed by atoms with Gasteiger partial charge in [0.2, 0.25) is 0 Å². The third-order valence-electron chi connectivity index (χ3n) is 2.06. The molecule has 1 aliphatic heterocycles. The van der Waals surface area contributed by atoms with Gasteiger partial charge in [-0.3, -0.25) is 0 Å². The minimum absolute atomic E-state index is 0.299. The van der Waals surface area contributed by atoms with Crippen LogP contribution in [-0.4, -0.2) is 44.1 Å². The van der Waals surface area contributed by atoms with Crippen molar-refractivity contribution >= 4 is 0 Å². The molecule has 0 aromatic carbocycles. The van der Waals surface area contributed by atoms with Gasteiger partial charge in [-0.15, -0.1) is 0 Å². The quantitative estimate of drug-likeness (QED) is 0.522. The third kappa shape index (κ3) is 4.89. The van der Waals surface area contributed by atoms with Crippen molar-refractivity contribution in [1.29, 1.82) is 0 Å². The number of quaternary nitrogens is 1. The standard InChI is InChI=1S/C10H17NO2/c1-10(12)4-2-3-5-11-6-8-13-9-7-11/h10,12H,4-9H2,1H3/p+1. The number of aliphatic hydroxyl groups excluding tert-OH is 1. The van der Waals surface area contributed by atoms with Crippen LogP contribution in [0.5, 0.6) is 0 Å². The number of hydrogen-bond donors (Lipinski definition) is 2. The second-order valence-corrected chi connectivity index (χ2v) is 3.45. The Morgan fingerprint density at radius 2 is 2.08 bits per heavy atom. The Morgan fingerprint density at radius 3 is 2.69 bits per heavy atom. The maximum atomic E-state index is 8.96. The van der Waals surface area contributed by atoms with Crippen LogP contribution in [0.15, 0.2) is 0 Å². The molecule has 1 aliphatic rings. The van der Waals surface area contributed by atoms with E-state index in [2.05, 4.69) is 11.8 Å². The van der Waals surface area contributed by atoms with E-state index in [4.69, 9.17) is 9.84 Å². The summed E-state index contributed by atoms with van der Waals surface area (Å²) in [7, 11) is 0. The molecule has 0 saturated carbocycles. The molecular formula is C10H18NO2+. The van der Waals surface area contributed by atoms with Crippen LogP contribution >= 0.6 is 0 Å². The number of aliphatic hydroxyl groups is 1. The van der Waals surface area contributed by atoms with Gasteiger partial charge >= 0.3 is 0 Å². The van der Waals surface area contributed by atoms with E-state index < -0.39 is 0 Å². The lowest BCUT2D eigenvalue weighted by Gasteiger charge is -2.21. The Hall–Kier alpha value is -0.560. The van der Waals surface area contributed by atoms with Crippen LogP contribution in [-0.2, 0) is 4.74 Å². The van der Waals surface area contributed by atoms with Crippen molar-refractivity contribution in [3.63, 3.8) is 0 Å². The molecule has 1 rings (SSSR count). The van der Waals surface area contributed by atoms with Crippen molar-refractivity contribution in [2.24, 2.45) is 0 Å².